The lowest BCUT2D eigenvalue weighted by atomic mass is 10.1. The first kappa shape index (κ1) is 43.8. The minimum atomic E-state index is -1.13. The van der Waals surface area contributed by atoms with Gasteiger partial charge in [-0.15, -0.1) is 0 Å². The molecule has 0 aliphatic carbocycles. The Kier molecular flexibility index (Phi) is 28.7. The molecule has 0 saturated heterocycles. The van der Waals surface area contributed by atoms with Crippen molar-refractivity contribution >= 4 is 17.9 Å². The number of nitrogens with zero attached hydrogens (tertiary/aromatic N) is 1. The number of rotatable bonds is 32. The van der Waals surface area contributed by atoms with Gasteiger partial charge in [0.2, 0.25) is 0 Å². The fraction of sp³-hybridized carbons (Fsp3) is 0.816. The third kappa shape index (κ3) is 28.1. The molecular weight excluding hydrogens is 582 g/mol. The highest BCUT2D eigenvalue weighted by molar-refractivity contribution is 5.70. The molecule has 46 heavy (non-hydrogen) atoms. The fourth-order valence-electron chi connectivity index (χ4n) is 5.14. The summed E-state index contributed by atoms with van der Waals surface area (Å²) in [7, 11) is 5.37. The monoisotopic (exact) mass is 652 g/mol. The van der Waals surface area contributed by atoms with E-state index in [0.717, 1.165) is 32.1 Å². The van der Waals surface area contributed by atoms with Crippen molar-refractivity contribution in [3.63, 3.8) is 0 Å². The molecule has 0 bridgehead atoms. The van der Waals surface area contributed by atoms with Gasteiger partial charge in [0.05, 0.1) is 40.3 Å². The minimum absolute atomic E-state index is 0.0253. The summed E-state index contributed by atoms with van der Waals surface area (Å²) >= 11 is 0. The molecule has 2 unspecified atom stereocenters. The maximum atomic E-state index is 12.5. The van der Waals surface area contributed by atoms with E-state index < -0.39 is 18.1 Å². The highest BCUT2D eigenvalue weighted by Gasteiger charge is 2.25. The molecule has 0 rings (SSSR count). The predicted molar refractivity (Wildman–Crippen MR) is 185 cm³/mol. The van der Waals surface area contributed by atoms with Crippen molar-refractivity contribution in [2.45, 2.75) is 161 Å². The number of carbonyl (C=O) groups excluding carboxylic acids is 3. The summed E-state index contributed by atoms with van der Waals surface area (Å²) in [5.41, 5.74) is 0. The standard InChI is InChI=1S/C38H69NO7/c1-6-8-10-12-14-15-16-17-18-19-20-21-23-24-26-28-36(40)45-33-34(32-44-31-30-35(38(42)43)39(3,4)5)46-37(41)29-27-25-22-13-11-9-7-2/h15-16,22,25,34-35H,6-14,17-21,23-24,26-33H2,1-5H3/b16-15+,25-22+. The average Bonchev–Trinajstić information content (AvgIpc) is 3.00. The fourth-order valence-corrected chi connectivity index (χ4v) is 5.14. The topological polar surface area (TPSA) is 102 Å². The molecule has 0 radical (unpaired) electrons. The molecule has 268 valence electrons. The first-order valence-electron chi connectivity index (χ1n) is 18.4. The van der Waals surface area contributed by atoms with Crippen molar-refractivity contribution in [1.82, 2.24) is 0 Å². The minimum Gasteiger partial charge on any atom is -0.544 e. The Balaban J connectivity index is 4.37. The second kappa shape index (κ2) is 30.2. The summed E-state index contributed by atoms with van der Waals surface area (Å²) in [6, 6.07) is -0.727. The Hall–Kier alpha value is -2.19. The van der Waals surface area contributed by atoms with Crippen molar-refractivity contribution in [3.05, 3.63) is 24.3 Å². The Labute approximate surface area is 281 Å². The number of esters is 2. The van der Waals surface area contributed by atoms with Gasteiger partial charge in [0, 0.05) is 19.3 Å². The lowest BCUT2D eigenvalue weighted by molar-refractivity contribution is -0.889. The summed E-state index contributed by atoms with van der Waals surface area (Å²) < 4.78 is 16.9. The van der Waals surface area contributed by atoms with E-state index in [9.17, 15) is 19.5 Å². The van der Waals surface area contributed by atoms with Crippen LogP contribution in [0.4, 0.5) is 0 Å². The summed E-state index contributed by atoms with van der Waals surface area (Å²) in [6.45, 7) is 4.52. The molecule has 8 heteroatoms. The zero-order valence-corrected chi connectivity index (χ0v) is 30.2. The molecule has 0 spiro atoms. The second-order valence-corrected chi connectivity index (χ2v) is 13.4. The number of ether oxygens (including phenoxy) is 3. The number of hydrogen-bond acceptors (Lipinski definition) is 7. The van der Waals surface area contributed by atoms with Crippen LogP contribution in [0.5, 0.6) is 0 Å². The van der Waals surface area contributed by atoms with Crippen LogP contribution in [-0.4, -0.2) is 75.5 Å². The van der Waals surface area contributed by atoms with E-state index in [1.165, 1.54) is 77.0 Å². The van der Waals surface area contributed by atoms with Gasteiger partial charge in [0.1, 0.15) is 12.6 Å². The number of likely N-dealkylation sites (N-methyl/N-ethyl adjacent to an activating group) is 1. The van der Waals surface area contributed by atoms with Crippen molar-refractivity contribution in [3.8, 4) is 0 Å². The predicted octanol–water partition coefficient (Wildman–Crippen LogP) is 7.63. The summed E-state index contributed by atoms with van der Waals surface area (Å²) in [5.74, 6) is -1.81. The number of carboxylic acid groups (broad SMARTS) is 1. The normalized spacial score (nSPS) is 13.3. The maximum Gasteiger partial charge on any atom is 0.306 e. The van der Waals surface area contributed by atoms with E-state index in [1.54, 1.807) is 21.1 Å². The van der Waals surface area contributed by atoms with Gasteiger partial charge in [-0.25, -0.2) is 0 Å². The zero-order chi connectivity index (χ0) is 34.3. The smallest absolute Gasteiger partial charge is 0.306 e. The first-order chi connectivity index (χ1) is 22.1. The van der Waals surface area contributed by atoms with E-state index in [2.05, 4.69) is 32.1 Å². The summed E-state index contributed by atoms with van der Waals surface area (Å²) in [4.78, 5) is 36.4. The molecule has 8 nitrogen and oxygen atoms in total. The van der Waals surface area contributed by atoms with Crippen LogP contribution >= 0.6 is 0 Å². The molecule has 2 atom stereocenters. The van der Waals surface area contributed by atoms with Crippen molar-refractivity contribution in [1.29, 1.82) is 0 Å². The first-order valence-corrected chi connectivity index (χ1v) is 18.4. The molecule has 0 N–H and O–H groups in total. The average molecular weight is 652 g/mol. The Morgan fingerprint density at radius 1 is 0.630 bits per heavy atom. The van der Waals surface area contributed by atoms with Gasteiger partial charge in [-0.05, 0) is 51.4 Å². The quantitative estimate of drug-likeness (QED) is 0.0319. The number of carboxylic acids is 1. The number of allylic oxidation sites excluding steroid dienone is 4. The highest BCUT2D eigenvalue weighted by atomic mass is 16.6. The van der Waals surface area contributed by atoms with Crippen LogP contribution in [0, 0.1) is 0 Å². The maximum absolute atomic E-state index is 12.5. The van der Waals surface area contributed by atoms with Crippen LogP contribution in [0.15, 0.2) is 24.3 Å². The SMILES string of the molecule is CCCCC/C=C/CCC(=O)OC(COCCC(C(=O)[O-])[N+](C)(C)C)COC(=O)CCCCCCCCC/C=C/CCCCCC. The largest absolute Gasteiger partial charge is 0.544 e. The molecule has 0 aliphatic heterocycles. The van der Waals surface area contributed by atoms with Gasteiger partial charge in [0.15, 0.2) is 6.10 Å². The molecule has 0 saturated carbocycles. The third-order valence-electron chi connectivity index (χ3n) is 8.07. The van der Waals surface area contributed by atoms with Crippen molar-refractivity contribution < 1.29 is 38.2 Å². The lowest BCUT2D eigenvalue weighted by Crippen LogP contribution is -2.55. The van der Waals surface area contributed by atoms with Gasteiger partial charge in [-0.2, -0.15) is 0 Å². The van der Waals surface area contributed by atoms with Crippen LogP contribution in [0.25, 0.3) is 0 Å². The Morgan fingerprint density at radius 3 is 1.70 bits per heavy atom. The number of quaternary nitrogens is 1. The molecule has 0 aromatic carbocycles. The van der Waals surface area contributed by atoms with Crippen LogP contribution in [0.1, 0.15) is 149 Å². The van der Waals surface area contributed by atoms with E-state index in [1.807, 2.05) is 6.08 Å². The molecule has 0 aromatic heterocycles. The Bertz CT molecular complexity index is 818. The van der Waals surface area contributed by atoms with Crippen LogP contribution in [0.3, 0.4) is 0 Å². The van der Waals surface area contributed by atoms with Crippen molar-refractivity contribution in [2.24, 2.45) is 0 Å². The van der Waals surface area contributed by atoms with Gasteiger partial charge in [-0.1, -0.05) is 102 Å². The highest BCUT2D eigenvalue weighted by Crippen LogP contribution is 2.12. The van der Waals surface area contributed by atoms with Crippen LogP contribution in [-0.2, 0) is 28.6 Å². The molecular formula is C38H69NO7. The third-order valence-corrected chi connectivity index (χ3v) is 8.07. The van der Waals surface area contributed by atoms with Crippen LogP contribution < -0.4 is 5.11 Å². The van der Waals surface area contributed by atoms with Crippen LogP contribution in [0.2, 0.25) is 0 Å². The number of unbranched alkanes of at least 4 members (excludes halogenated alkanes) is 14. The Morgan fingerprint density at radius 2 is 1.13 bits per heavy atom. The molecule has 0 heterocycles. The number of hydrogen-bond donors (Lipinski definition) is 0. The van der Waals surface area contributed by atoms with Gasteiger partial charge in [0.25, 0.3) is 0 Å². The van der Waals surface area contributed by atoms with Crippen molar-refractivity contribution in [2.75, 3.05) is 41.0 Å². The van der Waals surface area contributed by atoms with Gasteiger partial charge in [-0.3, -0.25) is 9.59 Å². The second-order valence-electron chi connectivity index (χ2n) is 13.4. The van der Waals surface area contributed by atoms with E-state index in [-0.39, 0.29) is 49.1 Å². The van der Waals surface area contributed by atoms with E-state index in [4.69, 9.17) is 14.2 Å². The summed E-state index contributed by atoms with van der Waals surface area (Å²) in [6.07, 6.45) is 29.4. The van der Waals surface area contributed by atoms with E-state index >= 15 is 0 Å². The molecule has 0 amide bonds. The number of aliphatic carboxylic acids is 1. The molecule has 0 fully saturated rings. The molecule has 0 aromatic rings. The zero-order valence-electron chi connectivity index (χ0n) is 30.2. The van der Waals surface area contributed by atoms with Gasteiger partial charge < -0.3 is 28.6 Å². The molecule has 0 aliphatic rings. The number of carbonyl (C=O) groups is 3. The summed E-state index contributed by atoms with van der Waals surface area (Å²) in [5, 5.41) is 11.5. The lowest BCUT2D eigenvalue weighted by Gasteiger charge is -2.34. The van der Waals surface area contributed by atoms with E-state index in [0.29, 0.717) is 12.8 Å². The van der Waals surface area contributed by atoms with Gasteiger partial charge >= 0.3 is 11.9 Å².